The topological polar surface area (TPSA) is 99.0 Å². The third-order valence-corrected chi connectivity index (χ3v) is 5.52. The molecule has 0 aliphatic carbocycles. The third kappa shape index (κ3) is 8.44. The van der Waals surface area contributed by atoms with Crippen molar-refractivity contribution in [2.45, 2.75) is 6.92 Å². The molecule has 0 bridgehead atoms. The minimum atomic E-state index is -0.559. The Morgan fingerprint density at radius 3 is 2.34 bits per heavy atom. The predicted molar refractivity (Wildman–Crippen MR) is 146 cm³/mol. The summed E-state index contributed by atoms with van der Waals surface area (Å²) >= 11 is 6.43. The molecule has 1 N–H and O–H groups in total. The van der Waals surface area contributed by atoms with Crippen molar-refractivity contribution in [1.82, 2.24) is 0 Å². The molecule has 0 unspecified atom stereocenters. The van der Waals surface area contributed by atoms with E-state index in [1.165, 1.54) is 13.2 Å². The number of nitrogens with zero attached hydrogens (tertiary/aromatic N) is 1. The first-order valence-corrected chi connectivity index (χ1v) is 12.2. The molecule has 9 heteroatoms. The van der Waals surface area contributed by atoms with E-state index in [0.29, 0.717) is 48.3 Å². The van der Waals surface area contributed by atoms with E-state index in [9.17, 15) is 10.1 Å². The summed E-state index contributed by atoms with van der Waals surface area (Å²) in [5.74, 6) is 1.60. The molecule has 38 heavy (non-hydrogen) atoms. The second kappa shape index (κ2) is 14.5. The molecule has 3 aromatic carbocycles. The number of methoxy groups -OCH3 is 2. The summed E-state index contributed by atoms with van der Waals surface area (Å²) in [4.78, 5) is 12.6. The zero-order chi connectivity index (χ0) is 27.3. The van der Waals surface area contributed by atoms with E-state index in [4.69, 9.17) is 35.3 Å². The van der Waals surface area contributed by atoms with Crippen LogP contribution in [-0.2, 0) is 9.53 Å². The normalized spacial score (nSPS) is 10.9. The van der Waals surface area contributed by atoms with Crippen LogP contribution in [-0.4, -0.2) is 46.6 Å². The number of hydrogen-bond donors (Lipinski definition) is 1. The number of nitrogens with one attached hydrogen (secondary N) is 1. The van der Waals surface area contributed by atoms with Crippen LogP contribution < -0.4 is 24.3 Å². The predicted octanol–water partition coefficient (Wildman–Crippen LogP) is 5.69. The molecule has 198 valence electrons. The Bertz CT molecular complexity index is 1300. The summed E-state index contributed by atoms with van der Waals surface area (Å²) in [5, 5.41) is 12.5. The van der Waals surface area contributed by atoms with Gasteiger partial charge in [-0.2, -0.15) is 5.26 Å². The average Bonchev–Trinajstić information content (AvgIpc) is 2.92. The van der Waals surface area contributed by atoms with E-state index in [2.05, 4.69) is 5.32 Å². The van der Waals surface area contributed by atoms with Crippen molar-refractivity contribution in [1.29, 1.82) is 5.26 Å². The number of aryl methyl sites for hydroxylation is 1. The van der Waals surface area contributed by atoms with Gasteiger partial charge in [-0.05, 0) is 72.7 Å². The van der Waals surface area contributed by atoms with Gasteiger partial charge in [-0.3, -0.25) is 4.79 Å². The standard InChI is InChI=1S/C29H29ClN2O6/c1-20-5-4-6-25(15-20)37-13-11-36-12-14-38-28-26(30)17-21(18-27(28)35-3)16-22(19-31)29(33)32-23-7-9-24(34-2)10-8-23/h4-10,15-18H,11-14H2,1-3H3,(H,32,33)/b22-16+. The summed E-state index contributed by atoms with van der Waals surface area (Å²) in [6.07, 6.45) is 1.42. The lowest BCUT2D eigenvalue weighted by Crippen LogP contribution is -2.13. The molecule has 0 radical (unpaired) electrons. The highest BCUT2D eigenvalue weighted by Gasteiger charge is 2.14. The second-order valence-corrected chi connectivity index (χ2v) is 8.42. The first-order chi connectivity index (χ1) is 18.4. The van der Waals surface area contributed by atoms with Gasteiger partial charge in [0.05, 0.1) is 32.5 Å². The van der Waals surface area contributed by atoms with Crippen molar-refractivity contribution in [3.05, 3.63) is 82.4 Å². The molecule has 3 aromatic rings. The van der Waals surface area contributed by atoms with Gasteiger partial charge in [0, 0.05) is 5.69 Å². The molecule has 0 aliphatic heterocycles. The highest BCUT2D eigenvalue weighted by Crippen LogP contribution is 2.37. The summed E-state index contributed by atoms with van der Waals surface area (Å²) in [7, 11) is 3.03. The lowest BCUT2D eigenvalue weighted by atomic mass is 10.1. The van der Waals surface area contributed by atoms with Gasteiger partial charge in [0.15, 0.2) is 11.5 Å². The number of benzene rings is 3. The van der Waals surface area contributed by atoms with Crippen LogP contribution in [0.2, 0.25) is 5.02 Å². The summed E-state index contributed by atoms with van der Waals surface area (Å²) in [5.41, 5.74) is 2.06. The molecular weight excluding hydrogens is 508 g/mol. The van der Waals surface area contributed by atoms with Gasteiger partial charge in [0.1, 0.15) is 36.4 Å². The maximum absolute atomic E-state index is 12.6. The smallest absolute Gasteiger partial charge is 0.266 e. The van der Waals surface area contributed by atoms with E-state index in [0.717, 1.165) is 11.3 Å². The van der Waals surface area contributed by atoms with Crippen LogP contribution in [0.3, 0.4) is 0 Å². The molecule has 1 amide bonds. The van der Waals surface area contributed by atoms with E-state index in [1.54, 1.807) is 43.5 Å². The number of halogens is 1. The van der Waals surface area contributed by atoms with E-state index >= 15 is 0 Å². The Morgan fingerprint density at radius 1 is 0.947 bits per heavy atom. The minimum Gasteiger partial charge on any atom is -0.497 e. The van der Waals surface area contributed by atoms with Gasteiger partial charge in [0.2, 0.25) is 0 Å². The molecule has 0 atom stereocenters. The first kappa shape index (κ1) is 28.4. The molecular formula is C29H29ClN2O6. The Hall–Kier alpha value is -4.19. The third-order valence-electron chi connectivity index (χ3n) is 5.24. The fourth-order valence-electron chi connectivity index (χ4n) is 3.38. The van der Waals surface area contributed by atoms with Crippen LogP contribution in [0.25, 0.3) is 6.08 Å². The zero-order valence-electron chi connectivity index (χ0n) is 21.5. The van der Waals surface area contributed by atoms with Crippen LogP contribution in [0.1, 0.15) is 11.1 Å². The van der Waals surface area contributed by atoms with Crippen molar-refractivity contribution < 1.29 is 28.5 Å². The maximum Gasteiger partial charge on any atom is 0.266 e. The molecule has 0 aliphatic rings. The van der Waals surface area contributed by atoms with Crippen molar-refractivity contribution in [2.24, 2.45) is 0 Å². The Labute approximate surface area is 227 Å². The molecule has 0 aromatic heterocycles. The van der Waals surface area contributed by atoms with Crippen molar-refractivity contribution in [3.63, 3.8) is 0 Å². The minimum absolute atomic E-state index is 0.103. The Morgan fingerprint density at radius 2 is 1.68 bits per heavy atom. The second-order valence-electron chi connectivity index (χ2n) is 8.01. The van der Waals surface area contributed by atoms with Crippen molar-refractivity contribution in [3.8, 4) is 29.1 Å². The van der Waals surface area contributed by atoms with Crippen LogP contribution in [0.5, 0.6) is 23.0 Å². The summed E-state index contributed by atoms with van der Waals surface area (Å²) in [6.45, 7) is 3.39. The molecule has 0 spiro atoms. The lowest BCUT2D eigenvalue weighted by Gasteiger charge is -2.14. The number of rotatable bonds is 13. The fraction of sp³-hybridized carbons (Fsp3) is 0.241. The molecule has 0 saturated carbocycles. The van der Waals surface area contributed by atoms with E-state index < -0.39 is 5.91 Å². The Balaban J connectivity index is 1.54. The average molecular weight is 537 g/mol. The van der Waals surface area contributed by atoms with Crippen LogP contribution in [0, 0.1) is 18.3 Å². The largest absolute Gasteiger partial charge is 0.497 e. The quantitative estimate of drug-likeness (QED) is 0.170. The van der Waals surface area contributed by atoms with Crippen LogP contribution >= 0.6 is 11.6 Å². The van der Waals surface area contributed by atoms with E-state index in [1.807, 2.05) is 37.3 Å². The molecule has 0 saturated heterocycles. The molecule has 0 fully saturated rings. The molecule has 0 heterocycles. The highest BCUT2D eigenvalue weighted by atomic mass is 35.5. The van der Waals surface area contributed by atoms with Gasteiger partial charge < -0.3 is 29.0 Å². The van der Waals surface area contributed by atoms with Gasteiger partial charge in [-0.25, -0.2) is 0 Å². The van der Waals surface area contributed by atoms with E-state index in [-0.39, 0.29) is 17.2 Å². The summed E-state index contributed by atoms with van der Waals surface area (Å²) in [6, 6.07) is 19.7. The van der Waals surface area contributed by atoms with Gasteiger partial charge in [-0.1, -0.05) is 23.7 Å². The number of nitriles is 1. The SMILES string of the molecule is COc1ccc(NC(=O)/C(C#N)=C/c2cc(Cl)c(OCCOCCOc3cccc(C)c3)c(OC)c2)cc1. The maximum atomic E-state index is 12.6. The monoisotopic (exact) mass is 536 g/mol. The molecule has 3 rings (SSSR count). The highest BCUT2D eigenvalue weighted by molar-refractivity contribution is 6.32. The fourth-order valence-corrected chi connectivity index (χ4v) is 3.65. The lowest BCUT2D eigenvalue weighted by molar-refractivity contribution is -0.112. The van der Waals surface area contributed by atoms with Gasteiger partial charge in [0.25, 0.3) is 5.91 Å². The van der Waals surface area contributed by atoms with Crippen molar-refractivity contribution >= 4 is 29.3 Å². The number of amides is 1. The van der Waals surface area contributed by atoms with Crippen molar-refractivity contribution in [2.75, 3.05) is 46.0 Å². The first-order valence-electron chi connectivity index (χ1n) is 11.8. The number of anilines is 1. The van der Waals surface area contributed by atoms with Crippen LogP contribution in [0.15, 0.2) is 66.2 Å². The zero-order valence-corrected chi connectivity index (χ0v) is 22.2. The molecule has 8 nitrogen and oxygen atoms in total. The van der Waals surface area contributed by atoms with Crippen LogP contribution in [0.4, 0.5) is 5.69 Å². The number of carbonyl (C=O) groups is 1. The van der Waals surface area contributed by atoms with Gasteiger partial charge >= 0.3 is 0 Å². The number of ether oxygens (including phenoxy) is 5. The van der Waals surface area contributed by atoms with Gasteiger partial charge in [-0.15, -0.1) is 0 Å². The Kier molecular flexibility index (Phi) is 10.8. The number of hydrogen-bond acceptors (Lipinski definition) is 7. The summed E-state index contributed by atoms with van der Waals surface area (Å²) < 4.78 is 27.5. The number of carbonyl (C=O) groups excluding carboxylic acids is 1.